The fraction of sp³-hybridized carbons (Fsp3) is 0.333. The maximum absolute atomic E-state index is 10.9. The number of hydrogen-bond acceptors (Lipinski definition) is 2. The molecule has 1 aromatic heterocycles. The van der Waals surface area contributed by atoms with Gasteiger partial charge in [-0.2, -0.15) is 0 Å². The summed E-state index contributed by atoms with van der Waals surface area (Å²) in [6.07, 6.45) is 3.42. The third-order valence-corrected chi connectivity index (χ3v) is 1.93. The molecular weight excluding hydrogens is 188 g/mol. The molecule has 0 aliphatic heterocycles. The second-order valence-corrected chi connectivity index (χ2v) is 2.98. The number of halogens is 1. The molecule has 0 saturated carbocycles. The Morgan fingerprint density at radius 3 is 3.08 bits per heavy atom. The Morgan fingerprint density at radius 2 is 2.54 bits per heavy atom. The van der Waals surface area contributed by atoms with Crippen molar-refractivity contribution in [1.82, 2.24) is 10.3 Å². The molecule has 1 N–H and O–H groups in total. The molecule has 1 aromatic rings. The van der Waals surface area contributed by atoms with Crippen LogP contribution < -0.4 is 5.32 Å². The molecule has 0 unspecified atom stereocenters. The third-order valence-electron chi connectivity index (χ3n) is 1.68. The maximum atomic E-state index is 10.9. The van der Waals surface area contributed by atoms with Crippen LogP contribution in [-0.2, 0) is 4.79 Å². The highest BCUT2D eigenvalue weighted by atomic mass is 35.5. The first-order valence-corrected chi connectivity index (χ1v) is 4.52. The van der Waals surface area contributed by atoms with Crippen LogP contribution in [0.1, 0.15) is 18.5 Å². The van der Waals surface area contributed by atoms with E-state index < -0.39 is 0 Å². The Morgan fingerprint density at radius 1 is 1.77 bits per heavy atom. The number of hydrogen-bond donors (Lipinski definition) is 1. The highest BCUT2D eigenvalue weighted by Gasteiger charge is 2.07. The Bertz CT molecular complexity index is 276. The second-order valence-electron chi connectivity index (χ2n) is 2.71. The van der Waals surface area contributed by atoms with E-state index in [0.29, 0.717) is 0 Å². The third kappa shape index (κ3) is 3.03. The molecule has 1 rings (SSSR count). The fourth-order valence-corrected chi connectivity index (χ4v) is 1.07. The van der Waals surface area contributed by atoms with E-state index >= 15 is 0 Å². The molecule has 0 aliphatic rings. The number of nitrogens with zero attached hydrogens (tertiary/aromatic N) is 1. The summed E-state index contributed by atoms with van der Waals surface area (Å²) in [5.74, 6) is -0.178. The molecule has 0 radical (unpaired) electrons. The number of carbonyl (C=O) groups is 1. The van der Waals surface area contributed by atoms with E-state index in [4.69, 9.17) is 11.6 Å². The van der Waals surface area contributed by atoms with Gasteiger partial charge in [0.25, 0.3) is 0 Å². The minimum atomic E-state index is -0.169. The zero-order valence-electron chi connectivity index (χ0n) is 7.33. The van der Waals surface area contributed by atoms with Crippen LogP contribution in [-0.4, -0.2) is 16.8 Å². The van der Waals surface area contributed by atoms with Crippen LogP contribution in [0, 0.1) is 0 Å². The van der Waals surface area contributed by atoms with Gasteiger partial charge in [-0.1, -0.05) is 6.07 Å². The Hall–Kier alpha value is -1.09. The van der Waals surface area contributed by atoms with Crippen LogP contribution in [0.5, 0.6) is 0 Å². The van der Waals surface area contributed by atoms with Crippen LogP contribution >= 0.6 is 11.6 Å². The van der Waals surface area contributed by atoms with Gasteiger partial charge in [0.05, 0.1) is 6.04 Å². The van der Waals surface area contributed by atoms with Crippen LogP contribution in [0.3, 0.4) is 0 Å². The summed E-state index contributed by atoms with van der Waals surface area (Å²) in [6.45, 7) is 1.89. The van der Waals surface area contributed by atoms with Crippen LogP contribution in [0.25, 0.3) is 0 Å². The predicted octanol–water partition coefficient (Wildman–Crippen LogP) is 1.50. The van der Waals surface area contributed by atoms with E-state index in [2.05, 4.69) is 10.3 Å². The van der Waals surface area contributed by atoms with Gasteiger partial charge < -0.3 is 5.32 Å². The normalized spacial score (nSPS) is 12.2. The van der Waals surface area contributed by atoms with E-state index in [9.17, 15) is 4.79 Å². The Balaban J connectivity index is 2.59. The van der Waals surface area contributed by atoms with Crippen molar-refractivity contribution in [2.24, 2.45) is 0 Å². The number of amides is 1. The predicted molar refractivity (Wildman–Crippen MR) is 51.5 cm³/mol. The van der Waals surface area contributed by atoms with Gasteiger partial charge in [0.2, 0.25) is 5.91 Å². The number of pyridine rings is 1. The van der Waals surface area contributed by atoms with Crippen molar-refractivity contribution < 1.29 is 4.79 Å². The molecule has 70 valence electrons. The molecule has 1 atom stereocenters. The maximum Gasteiger partial charge on any atom is 0.235 e. The standard InChI is InChI=1S/C9H11ClN2O/c1-7(12-9(13)5-10)8-3-2-4-11-6-8/h2-4,6-7H,5H2,1H3,(H,12,13)/t7-/m0/s1. The lowest BCUT2D eigenvalue weighted by molar-refractivity contribution is -0.119. The van der Waals surface area contributed by atoms with Gasteiger partial charge in [-0.3, -0.25) is 9.78 Å². The summed E-state index contributed by atoms with van der Waals surface area (Å²) in [6, 6.07) is 3.70. The van der Waals surface area contributed by atoms with E-state index in [0.717, 1.165) is 5.56 Å². The lowest BCUT2D eigenvalue weighted by Gasteiger charge is -2.12. The van der Waals surface area contributed by atoms with Crippen molar-refractivity contribution in [2.75, 3.05) is 5.88 Å². The first-order valence-electron chi connectivity index (χ1n) is 3.99. The molecule has 1 amide bonds. The molecule has 0 aliphatic carbocycles. The molecule has 0 bridgehead atoms. The van der Waals surface area contributed by atoms with Gasteiger partial charge in [0.1, 0.15) is 5.88 Å². The molecule has 1 heterocycles. The van der Waals surface area contributed by atoms with Gasteiger partial charge in [0, 0.05) is 12.4 Å². The fourth-order valence-electron chi connectivity index (χ4n) is 0.995. The number of carbonyl (C=O) groups excluding carboxylic acids is 1. The lowest BCUT2D eigenvalue weighted by Crippen LogP contribution is -2.27. The minimum Gasteiger partial charge on any atom is -0.348 e. The first kappa shape index (κ1) is 9.99. The van der Waals surface area contributed by atoms with Crippen molar-refractivity contribution in [2.45, 2.75) is 13.0 Å². The Labute approximate surface area is 82.1 Å². The zero-order chi connectivity index (χ0) is 9.68. The molecule has 3 nitrogen and oxygen atoms in total. The monoisotopic (exact) mass is 198 g/mol. The highest BCUT2D eigenvalue weighted by molar-refractivity contribution is 6.27. The van der Waals surface area contributed by atoms with E-state index in [-0.39, 0.29) is 17.8 Å². The second kappa shape index (κ2) is 4.82. The summed E-state index contributed by atoms with van der Waals surface area (Å²) in [5.41, 5.74) is 0.973. The van der Waals surface area contributed by atoms with Crippen molar-refractivity contribution >= 4 is 17.5 Å². The quantitative estimate of drug-likeness (QED) is 0.748. The summed E-state index contributed by atoms with van der Waals surface area (Å²) in [5, 5.41) is 2.73. The summed E-state index contributed by atoms with van der Waals surface area (Å²) < 4.78 is 0. The minimum absolute atomic E-state index is 0.00932. The number of nitrogens with one attached hydrogen (secondary N) is 1. The van der Waals surface area contributed by atoms with Crippen molar-refractivity contribution in [3.63, 3.8) is 0 Å². The molecule has 0 aromatic carbocycles. The molecule has 0 fully saturated rings. The van der Waals surface area contributed by atoms with Gasteiger partial charge in [-0.05, 0) is 18.6 Å². The molecule has 4 heteroatoms. The number of rotatable bonds is 3. The van der Waals surface area contributed by atoms with E-state index in [1.807, 2.05) is 19.1 Å². The largest absolute Gasteiger partial charge is 0.348 e. The van der Waals surface area contributed by atoms with E-state index in [1.165, 1.54) is 0 Å². The topological polar surface area (TPSA) is 42.0 Å². The summed E-state index contributed by atoms with van der Waals surface area (Å²) in [4.78, 5) is 14.9. The van der Waals surface area contributed by atoms with Crippen LogP contribution in [0.2, 0.25) is 0 Å². The van der Waals surface area contributed by atoms with Crippen LogP contribution in [0.4, 0.5) is 0 Å². The first-order chi connectivity index (χ1) is 6.24. The summed E-state index contributed by atoms with van der Waals surface area (Å²) >= 11 is 5.36. The highest BCUT2D eigenvalue weighted by Crippen LogP contribution is 2.09. The zero-order valence-corrected chi connectivity index (χ0v) is 8.08. The number of aromatic nitrogens is 1. The molecule has 13 heavy (non-hydrogen) atoms. The lowest BCUT2D eigenvalue weighted by atomic mass is 10.1. The van der Waals surface area contributed by atoms with Crippen molar-refractivity contribution in [3.05, 3.63) is 30.1 Å². The SMILES string of the molecule is C[C@H](NC(=O)CCl)c1cccnc1. The van der Waals surface area contributed by atoms with Gasteiger partial charge in [-0.15, -0.1) is 11.6 Å². The molecule has 0 saturated heterocycles. The van der Waals surface area contributed by atoms with Crippen molar-refractivity contribution in [1.29, 1.82) is 0 Å². The molecule has 0 spiro atoms. The smallest absolute Gasteiger partial charge is 0.235 e. The van der Waals surface area contributed by atoms with Gasteiger partial charge >= 0.3 is 0 Å². The molecular formula is C9H11ClN2O. The van der Waals surface area contributed by atoms with Crippen LogP contribution in [0.15, 0.2) is 24.5 Å². The van der Waals surface area contributed by atoms with Gasteiger partial charge in [-0.25, -0.2) is 0 Å². The average molecular weight is 199 g/mol. The Kier molecular flexibility index (Phi) is 3.71. The average Bonchev–Trinajstić information content (AvgIpc) is 2.19. The van der Waals surface area contributed by atoms with E-state index in [1.54, 1.807) is 12.4 Å². The van der Waals surface area contributed by atoms with Crippen molar-refractivity contribution in [3.8, 4) is 0 Å². The summed E-state index contributed by atoms with van der Waals surface area (Å²) in [7, 11) is 0. The number of alkyl halides is 1. The van der Waals surface area contributed by atoms with Gasteiger partial charge in [0.15, 0.2) is 0 Å².